The molecule has 1 aromatic heterocycles. The average molecular weight is 209 g/mol. The summed E-state index contributed by atoms with van der Waals surface area (Å²) in [6.45, 7) is 0. The Morgan fingerprint density at radius 3 is 2.50 bits per heavy atom. The van der Waals surface area contributed by atoms with Gasteiger partial charge in [0.15, 0.2) is 0 Å². The lowest BCUT2D eigenvalue weighted by molar-refractivity contribution is 0.109. The van der Waals surface area contributed by atoms with Gasteiger partial charge in [0, 0.05) is 6.20 Å². The highest BCUT2D eigenvalue weighted by Crippen LogP contribution is 2.32. The first-order valence-corrected chi connectivity index (χ1v) is 3.23. The Hall–Kier alpha value is -0.580. The van der Waals surface area contributed by atoms with Gasteiger partial charge in [-0.1, -0.05) is 0 Å². The van der Waals surface area contributed by atoms with Crippen LogP contribution in [0.4, 0.5) is 8.78 Å². The fraction of sp³-hybridized carbons (Fsp3) is 0.200. The van der Waals surface area contributed by atoms with Crippen molar-refractivity contribution in [2.45, 2.75) is 4.83 Å². The molecule has 0 radical (unpaired) electrons. The van der Waals surface area contributed by atoms with Crippen LogP contribution in [-0.2, 0) is 4.83 Å². The Morgan fingerprint density at radius 2 is 2.20 bits per heavy atom. The molecule has 2 nitrogen and oxygen atoms in total. The van der Waals surface area contributed by atoms with E-state index in [0.29, 0.717) is 0 Å². The van der Waals surface area contributed by atoms with Crippen LogP contribution in [0.25, 0.3) is 0 Å². The summed E-state index contributed by atoms with van der Waals surface area (Å²) >= 11 is 2.16. The van der Waals surface area contributed by atoms with Crippen molar-refractivity contribution in [3.8, 4) is 0 Å². The van der Waals surface area contributed by atoms with Crippen molar-refractivity contribution in [2.75, 3.05) is 0 Å². The molecule has 0 spiro atoms. The summed E-state index contributed by atoms with van der Waals surface area (Å²) in [5.74, 6) is 0. The Balaban J connectivity index is 2.97. The van der Waals surface area contributed by atoms with E-state index in [2.05, 4.69) is 25.9 Å². The van der Waals surface area contributed by atoms with Gasteiger partial charge < -0.3 is 0 Å². The highest BCUT2D eigenvalue weighted by Gasteiger charge is 2.28. The SMILES string of the molecule is FC(F)(Br)c1ccncn1. The van der Waals surface area contributed by atoms with Crippen LogP contribution in [0.5, 0.6) is 0 Å². The van der Waals surface area contributed by atoms with E-state index in [1.165, 1.54) is 6.20 Å². The number of aromatic nitrogens is 2. The normalized spacial score (nSPS) is 11.5. The molecule has 54 valence electrons. The molecule has 0 aliphatic rings. The number of halogens is 3. The summed E-state index contributed by atoms with van der Waals surface area (Å²) in [6, 6.07) is 1.15. The van der Waals surface area contributed by atoms with Gasteiger partial charge in [-0.25, -0.2) is 9.97 Å². The van der Waals surface area contributed by atoms with Gasteiger partial charge in [0.05, 0.1) is 0 Å². The van der Waals surface area contributed by atoms with E-state index in [9.17, 15) is 8.78 Å². The van der Waals surface area contributed by atoms with Gasteiger partial charge in [0.2, 0.25) is 0 Å². The van der Waals surface area contributed by atoms with Crippen LogP contribution >= 0.6 is 15.9 Å². The number of alkyl halides is 3. The zero-order chi connectivity index (χ0) is 7.61. The molecule has 0 atom stereocenters. The second kappa shape index (κ2) is 2.57. The van der Waals surface area contributed by atoms with Crippen LogP contribution in [-0.4, -0.2) is 9.97 Å². The van der Waals surface area contributed by atoms with Crippen LogP contribution in [0.1, 0.15) is 5.69 Å². The Labute approximate surface area is 64.4 Å². The van der Waals surface area contributed by atoms with E-state index >= 15 is 0 Å². The van der Waals surface area contributed by atoms with Gasteiger partial charge in [0.1, 0.15) is 12.0 Å². The highest BCUT2D eigenvalue weighted by atomic mass is 79.9. The van der Waals surface area contributed by atoms with Gasteiger partial charge in [-0.2, -0.15) is 8.78 Å². The Kier molecular flexibility index (Phi) is 1.94. The minimum atomic E-state index is -3.05. The third-order valence-corrected chi connectivity index (χ3v) is 1.28. The van der Waals surface area contributed by atoms with Crippen LogP contribution in [0, 0.1) is 0 Å². The number of hydrogen-bond acceptors (Lipinski definition) is 2. The largest absolute Gasteiger partial charge is 0.343 e. The predicted molar refractivity (Wildman–Crippen MR) is 34.9 cm³/mol. The summed E-state index contributed by atoms with van der Waals surface area (Å²) in [5, 5.41) is 0. The van der Waals surface area contributed by atoms with E-state index in [0.717, 1.165) is 12.4 Å². The predicted octanol–water partition coefficient (Wildman–Crippen LogP) is 1.92. The molecule has 0 aliphatic heterocycles. The summed E-state index contributed by atoms with van der Waals surface area (Å²) in [4.78, 5) is 3.79. The lowest BCUT2D eigenvalue weighted by Crippen LogP contribution is -2.04. The van der Waals surface area contributed by atoms with E-state index in [1.807, 2.05) is 0 Å². The Morgan fingerprint density at radius 1 is 1.50 bits per heavy atom. The number of rotatable bonds is 1. The lowest BCUT2D eigenvalue weighted by Gasteiger charge is -2.04. The van der Waals surface area contributed by atoms with Gasteiger partial charge >= 0.3 is 4.83 Å². The van der Waals surface area contributed by atoms with E-state index < -0.39 is 4.83 Å². The maximum absolute atomic E-state index is 12.3. The van der Waals surface area contributed by atoms with E-state index in [1.54, 1.807) is 0 Å². The van der Waals surface area contributed by atoms with E-state index in [-0.39, 0.29) is 5.69 Å². The third-order valence-electron chi connectivity index (χ3n) is 0.872. The fourth-order valence-electron chi connectivity index (χ4n) is 0.458. The lowest BCUT2D eigenvalue weighted by atomic mass is 10.4. The van der Waals surface area contributed by atoms with E-state index in [4.69, 9.17) is 0 Å². The molecule has 10 heavy (non-hydrogen) atoms. The zero-order valence-corrected chi connectivity index (χ0v) is 6.35. The maximum atomic E-state index is 12.3. The zero-order valence-electron chi connectivity index (χ0n) is 4.76. The van der Waals surface area contributed by atoms with Crippen LogP contribution < -0.4 is 0 Å². The van der Waals surface area contributed by atoms with Gasteiger partial charge in [-0.15, -0.1) is 0 Å². The molecule has 0 saturated carbocycles. The Bertz CT molecular complexity index is 209. The van der Waals surface area contributed by atoms with Crippen molar-refractivity contribution in [2.24, 2.45) is 0 Å². The summed E-state index contributed by atoms with van der Waals surface area (Å²) in [7, 11) is 0. The quantitative estimate of drug-likeness (QED) is 0.660. The highest BCUT2D eigenvalue weighted by molar-refractivity contribution is 9.09. The van der Waals surface area contributed by atoms with Crippen LogP contribution in [0.3, 0.4) is 0 Å². The minimum absolute atomic E-state index is 0.331. The smallest absolute Gasteiger partial charge is 0.245 e. The fourth-order valence-corrected chi connectivity index (χ4v) is 0.693. The molecule has 0 amide bonds. The molecule has 5 heteroatoms. The molecule has 0 saturated heterocycles. The number of hydrogen-bond donors (Lipinski definition) is 0. The molecular weight excluding hydrogens is 206 g/mol. The summed E-state index contributed by atoms with van der Waals surface area (Å²) < 4.78 is 24.6. The molecule has 0 aliphatic carbocycles. The molecule has 0 unspecified atom stereocenters. The second-order valence-electron chi connectivity index (χ2n) is 1.59. The molecule has 0 N–H and O–H groups in total. The molecular formula is C5H3BrF2N2. The molecule has 0 bridgehead atoms. The first-order chi connectivity index (χ1) is 4.61. The van der Waals surface area contributed by atoms with Gasteiger partial charge in [-0.05, 0) is 22.0 Å². The molecule has 0 fully saturated rings. The van der Waals surface area contributed by atoms with Gasteiger partial charge in [0.25, 0.3) is 0 Å². The minimum Gasteiger partial charge on any atom is -0.245 e. The van der Waals surface area contributed by atoms with Crippen molar-refractivity contribution >= 4 is 15.9 Å². The molecule has 1 aromatic rings. The standard InChI is InChI=1S/C5H3BrF2N2/c6-5(7,8)4-1-2-9-3-10-4/h1-3H. The summed E-state index contributed by atoms with van der Waals surface area (Å²) in [5.41, 5.74) is -0.331. The first kappa shape index (κ1) is 7.53. The topological polar surface area (TPSA) is 25.8 Å². The first-order valence-electron chi connectivity index (χ1n) is 2.44. The van der Waals surface area contributed by atoms with Crippen molar-refractivity contribution in [3.05, 3.63) is 24.3 Å². The van der Waals surface area contributed by atoms with Crippen molar-refractivity contribution in [3.63, 3.8) is 0 Å². The second-order valence-corrected chi connectivity index (χ2v) is 2.59. The number of nitrogens with zero attached hydrogens (tertiary/aromatic N) is 2. The summed E-state index contributed by atoms with van der Waals surface area (Å²) in [6.07, 6.45) is 2.34. The van der Waals surface area contributed by atoms with Crippen molar-refractivity contribution in [1.82, 2.24) is 9.97 Å². The molecule has 0 aromatic carbocycles. The van der Waals surface area contributed by atoms with Crippen LogP contribution in [0.2, 0.25) is 0 Å². The molecule has 1 rings (SSSR count). The van der Waals surface area contributed by atoms with Gasteiger partial charge in [-0.3, -0.25) is 0 Å². The third kappa shape index (κ3) is 1.70. The molecule has 1 heterocycles. The monoisotopic (exact) mass is 208 g/mol. The van der Waals surface area contributed by atoms with Crippen molar-refractivity contribution < 1.29 is 8.78 Å². The maximum Gasteiger partial charge on any atom is 0.343 e. The van der Waals surface area contributed by atoms with Crippen LogP contribution in [0.15, 0.2) is 18.6 Å². The van der Waals surface area contributed by atoms with Crippen molar-refractivity contribution in [1.29, 1.82) is 0 Å². The average Bonchev–Trinajstić information content (AvgIpc) is 1.88.